The number of fused-ring (bicyclic) bond motifs is 1. The van der Waals surface area contributed by atoms with E-state index in [1.165, 1.54) is 7.11 Å². The predicted molar refractivity (Wildman–Crippen MR) is 170 cm³/mol. The molecular formula is C32H47N3O14. The maximum Gasteiger partial charge on any atom is 0.331 e. The Morgan fingerprint density at radius 2 is 1.20 bits per heavy atom. The molecule has 0 saturated carbocycles. The molecule has 2 aliphatic heterocycles. The maximum atomic E-state index is 13.1. The number of anilines is 1. The number of nitrogens with zero attached hydrogens (tertiary/aromatic N) is 1. The Bertz CT molecular complexity index is 1200. The van der Waals surface area contributed by atoms with Gasteiger partial charge < -0.3 is 47.9 Å². The molecule has 0 aliphatic carbocycles. The van der Waals surface area contributed by atoms with Gasteiger partial charge in [-0.2, -0.15) is 0 Å². The van der Waals surface area contributed by atoms with Gasteiger partial charge in [0.05, 0.1) is 117 Å². The highest BCUT2D eigenvalue weighted by Gasteiger charge is 2.45. The largest absolute Gasteiger partial charge is 0.467 e. The molecule has 4 amide bonds. The number of carbonyl (C=O) groups is 5. The molecule has 1 atom stereocenters. The minimum absolute atomic E-state index is 0.0636. The number of amides is 4. The molecule has 0 bridgehead atoms. The number of carbonyl (C=O) groups excluding carboxylic acids is 5. The average Bonchev–Trinajstić information content (AvgIpc) is 3.35. The Labute approximate surface area is 285 Å². The van der Waals surface area contributed by atoms with E-state index in [4.69, 9.17) is 37.9 Å². The van der Waals surface area contributed by atoms with Gasteiger partial charge >= 0.3 is 5.97 Å². The summed E-state index contributed by atoms with van der Waals surface area (Å²) in [5, 5.41) is 5.32. The van der Waals surface area contributed by atoms with Crippen molar-refractivity contribution in [3.63, 3.8) is 0 Å². The highest BCUT2D eigenvalue weighted by Crippen LogP contribution is 2.32. The van der Waals surface area contributed by atoms with Gasteiger partial charge in [-0.1, -0.05) is 6.07 Å². The second-order valence-corrected chi connectivity index (χ2v) is 10.5. The first-order valence-electron chi connectivity index (χ1n) is 16.2. The summed E-state index contributed by atoms with van der Waals surface area (Å²) in [6.07, 6.45) is 0.165. The van der Waals surface area contributed by atoms with Crippen LogP contribution < -0.4 is 10.6 Å². The molecule has 1 aromatic rings. The number of ether oxygens (including phenoxy) is 9. The third-order valence-electron chi connectivity index (χ3n) is 7.08. The summed E-state index contributed by atoms with van der Waals surface area (Å²) < 4.78 is 47.7. The number of rotatable bonds is 28. The highest BCUT2D eigenvalue weighted by molar-refractivity contribution is 6.25. The SMILES string of the molecule is COC(=O)COCCOCCOCCOCCOCCOCCOCCOCCNc1cccc2c1C(=O)N(C1CCC(=O)NC1=O)C2=O. The molecule has 49 heavy (non-hydrogen) atoms. The Morgan fingerprint density at radius 1 is 0.714 bits per heavy atom. The topological polar surface area (TPSA) is 196 Å². The van der Waals surface area contributed by atoms with Crippen molar-refractivity contribution in [2.45, 2.75) is 18.9 Å². The van der Waals surface area contributed by atoms with Crippen molar-refractivity contribution in [1.29, 1.82) is 0 Å². The van der Waals surface area contributed by atoms with Crippen molar-refractivity contribution in [1.82, 2.24) is 10.2 Å². The standard InChI is InChI=1S/C32H47N3O14/c1-41-28(37)23-49-22-21-48-20-19-47-18-17-46-16-15-45-14-13-44-12-11-43-10-9-42-8-7-33-25-4-2-3-24-29(25)32(40)35(31(24)39)26-5-6-27(36)34-30(26)38/h2-4,26,33H,5-23H2,1H3,(H,34,36,38). The lowest BCUT2D eigenvalue weighted by molar-refractivity contribution is -0.146. The number of esters is 1. The van der Waals surface area contributed by atoms with E-state index >= 15 is 0 Å². The molecule has 2 aliphatic rings. The number of hydrogen-bond acceptors (Lipinski definition) is 15. The molecule has 2 heterocycles. The first kappa shape index (κ1) is 39.9. The van der Waals surface area contributed by atoms with Crippen LogP contribution in [0.15, 0.2) is 18.2 Å². The zero-order valence-corrected chi connectivity index (χ0v) is 27.9. The van der Waals surface area contributed by atoms with Gasteiger partial charge in [-0.15, -0.1) is 0 Å². The van der Waals surface area contributed by atoms with Crippen LogP contribution in [0.25, 0.3) is 0 Å². The third-order valence-corrected chi connectivity index (χ3v) is 7.08. The van der Waals surface area contributed by atoms with Gasteiger partial charge in [0.25, 0.3) is 11.8 Å². The molecule has 274 valence electrons. The lowest BCUT2D eigenvalue weighted by Crippen LogP contribution is -2.54. The lowest BCUT2D eigenvalue weighted by Gasteiger charge is -2.27. The second-order valence-electron chi connectivity index (χ2n) is 10.5. The quantitative estimate of drug-likeness (QED) is 0.0664. The van der Waals surface area contributed by atoms with Gasteiger partial charge in [0.2, 0.25) is 11.8 Å². The zero-order valence-electron chi connectivity index (χ0n) is 27.9. The number of hydrogen-bond donors (Lipinski definition) is 2. The number of imide groups is 2. The van der Waals surface area contributed by atoms with Crippen LogP contribution in [0.1, 0.15) is 33.6 Å². The fourth-order valence-electron chi connectivity index (χ4n) is 4.67. The summed E-state index contributed by atoms with van der Waals surface area (Å²) >= 11 is 0. The number of nitrogens with one attached hydrogen (secondary N) is 2. The fourth-order valence-corrected chi connectivity index (χ4v) is 4.67. The smallest absolute Gasteiger partial charge is 0.331 e. The summed E-state index contributed by atoms with van der Waals surface area (Å²) in [7, 11) is 1.30. The monoisotopic (exact) mass is 697 g/mol. The van der Waals surface area contributed by atoms with Crippen LogP contribution in [0.4, 0.5) is 5.69 Å². The summed E-state index contributed by atoms with van der Waals surface area (Å²) in [4.78, 5) is 61.6. The first-order chi connectivity index (χ1) is 23.9. The van der Waals surface area contributed by atoms with Crippen molar-refractivity contribution in [3.05, 3.63) is 29.3 Å². The number of benzene rings is 1. The van der Waals surface area contributed by atoms with E-state index in [0.717, 1.165) is 4.90 Å². The van der Waals surface area contributed by atoms with E-state index in [9.17, 15) is 24.0 Å². The van der Waals surface area contributed by atoms with Gasteiger partial charge in [0.15, 0.2) is 0 Å². The Hall–Kier alpha value is -3.55. The lowest BCUT2D eigenvalue weighted by atomic mass is 10.0. The minimum Gasteiger partial charge on any atom is -0.467 e. The van der Waals surface area contributed by atoms with Crippen molar-refractivity contribution >= 4 is 35.3 Å². The van der Waals surface area contributed by atoms with E-state index < -0.39 is 35.6 Å². The van der Waals surface area contributed by atoms with Gasteiger partial charge in [-0.3, -0.25) is 29.4 Å². The molecular weight excluding hydrogens is 650 g/mol. The molecule has 0 aromatic heterocycles. The van der Waals surface area contributed by atoms with E-state index in [0.29, 0.717) is 111 Å². The molecule has 1 fully saturated rings. The third kappa shape index (κ3) is 14.5. The van der Waals surface area contributed by atoms with E-state index in [-0.39, 0.29) is 30.6 Å². The van der Waals surface area contributed by atoms with Crippen LogP contribution in [0.3, 0.4) is 0 Å². The molecule has 1 unspecified atom stereocenters. The van der Waals surface area contributed by atoms with Gasteiger partial charge in [-0.25, -0.2) is 4.79 Å². The van der Waals surface area contributed by atoms with Gasteiger partial charge in [0, 0.05) is 18.7 Å². The van der Waals surface area contributed by atoms with E-state index in [2.05, 4.69) is 15.4 Å². The Morgan fingerprint density at radius 3 is 1.69 bits per heavy atom. The molecule has 2 N–H and O–H groups in total. The summed E-state index contributed by atoms with van der Waals surface area (Å²) in [5.41, 5.74) is 0.896. The minimum atomic E-state index is -1.01. The number of piperidine rings is 1. The number of methoxy groups -OCH3 is 1. The summed E-state index contributed by atoms with van der Waals surface area (Å²) in [5.74, 6) is -2.60. The Balaban J connectivity index is 1.07. The van der Waals surface area contributed by atoms with Gasteiger partial charge in [0.1, 0.15) is 12.6 Å². The second kappa shape index (κ2) is 23.7. The highest BCUT2D eigenvalue weighted by atomic mass is 16.6. The van der Waals surface area contributed by atoms with Crippen molar-refractivity contribution in [3.8, 4) is 0 Å². The summed E-state index contributed by atoms with van der Waals surface area (Å²) in [6.45, 7) is 6.42. The van der Waals surface area contributed by atoms with Crippen molar-refractivity contribution < 1.29 is 66.6 Å². The molecule has 17 heteroatoms. The molecule has 0 radical (unpaired) electrons. The van der Waals surface area contributed by atoms with Crippen molar-refractivity contribution in [2.75, 3.05) is 125 Å². The van der Waals surface area contributed by atoms with Crippen LogP contribution in [0.2, 0.25) is 0 Å². The van der Waals surface area contributed by atoms with Crippen LogP contribution in [-0.2, 0) is 57.0 Å². The summed E-state index contributed by atoms with van der Waals surface area (Å²) in [6, 6.07) is 3.89. The van der Waals surface area contributed by atoms with Crippen molar-refractivity contribution in [2.24, 2.45) is 0 Å². The van der Waals surface area contributed by atoms with E-state index in [1.807, 2.05) is 0 Å². The average molecular weight is 698 g/mol. The predicted octanol–water partition coefficient (Wildman–Crippen LogP) is -0.194. The van der Waals surface area contributed by atoms with E-state index in [1.54, 1.807) is 18.2 Å². The molecule has 1 saturated heterocycles. The van der Waals surface area contributed by atoms with Crippen LogP contribution in [-0.4, -0.2) is 160 Å². The molecule has 1 aromatic carbocycles. The first-order valence-corrected chi connectivity index (χ1v) is 16.2. The molecule has 3 rings (SSSR count). The molecule has 17 nitrogen and oxygen atoms in total. The van der Waals surface area contributed by atoms with Crippen LogP contribution >= 0.6 is 0 Å². The van der Waals surface area contributed by atoms with Crippen LogP contribution in [0, 0.1) is 0 Å². The Kier molecular flexibility index (Phi) is 19.3. The normalized spacial score (nSPS) is 15.9. The molecule has 0 spiro atoms. The van der Waals surface area contributed by atoms with Gasteiger partial charge in [-0.05, 0) is 18.6 Å². The fraction of sp³-hybridized carbons (Fsp3) is 0.656. The van der Waals surface area contributed by atoms with Crippen LogP contribution in [0.5, 0.6) is 0 Å². The maximum absolute atomic E-state index is 13.1. The zero-order chi connectivity index (χ0) is 35.1.